The van der Waals surface area contributed by atoms with Gasteiger partial charge in [0, 0.05) is 0 Å². The molecule has 1 rings (SSSR count). The maximum atomic E-state index is 9.90. The van der Waals surface area contributed by atoms with Crippen LogP contribution in [-0.4, -0.2) is 24.2 Å². The molecular formula is C6H7ClN2O. The van der Waals surface area contributed by atoms with Crippen molar-refractivity contribution in [3.05, 3.63) is 12.2 Å². The molecule has 1 aliphatic heterocycles. The number of nitrogens with one attached hydrogen (secondary N) is 1. The van der Waals surface area contributed by atoms with Gasteiger partial charge >= 0.3 is 0 Å². The van der Waals surface area contributed by atoms with Gasteiger partial charge in [0.1, 0.15) is 5.84 Å². The first-order valence-electron chi connectivity index (χ1n) is 2.90. The number of hydrogen-bond acceptors (Lipinski definition) is 2. The standard InChI is InChI=1S/C6H7ClN2O/c7-5-1-2-6(8-3-5)9-4-10/h1-2,4-5H,3H2,(H,8,9,10). The van der Waals surface area contributed by atoms with Crippen LogP contribution in [-0.2, 0) is 4.79 Å². The predicted molar refractivity (Wildman–Crippen MR) is 40.3 cm³/mol. The number of aliphatic imine (C=N–C) groups is 1. The molecule has 54 valence electrons. The zero-order valence-electron chi connectivity index (χ0n) is 5.25. The Hall–Kier alpha value is -0.830. The van der Waals surface area contributed by atoms with Crippen molar-refractivity contribution >= 4 is 23.8 Å². The molecule has 1 atom stereocenters. The fourth-order valence-corrected chi connectivity index (χ4v) is 0.791. The van der Waals surface area contributed by atoms with Gasteiger partial charge in [-0.15, -0.1) is 11.6 Å². The first-order valence-corrected chi connectivity index (χ1v) is 3.33. The van der Waals surface area contributed by atoms with Crippen LogP contribution in [0.15, 0.2) is 17.1 Å². The summed E-state index contributed by atoms with van der Waals surface area (Å²) in [7, 11) is 0. The van der Waals surface area contributed by atoms with E-state index in [2.05, 4.69) is 10.3 Å². The van der Waals surface area contributed by atoms with Crippen LogP contribution in [0.5, 0.6) is 0 Å². The van der Waals surface area contributed by atoms with Crippen molar-refractivity contribution in [1.29, 1.82) is 0 Å². The Labute approximate surface area is 63.8 Å². The third-order valence-corrected chi connectivity index (χ3v) is 1.39. The molecule has 0 fully saturated rings. The summed E-state index contributed by atoms with van der Waals surface area (Å²) in [5.74, 6) is 0.576. The van der Waals surface area contributed by atoms with Gasteiger partial charge in [-0.25, -0.2) is 0 Å². The lowest BCUT2D eigenvalue weighted by atomic mass is 10.3. The van der Waals surface area contributed by atoms with Crippen molar-refractivity contribution in [1.82, 2.24) is 5.32 Å². The Morgan fingerprint density at radius 3 is 3.20 bits per heavy atom. The molecule has 0 spiro atoms. The lowest BCUT2D eigenvalue weighted by Gasteiger charge is -2.07. The molecule has 0 aromatic rings. The zero-order chi connectivity index (χ0) is 7.40. The molecule has 0 aromatic heterocycles. The van der Waals surface area contributed by atoms with Gasteiger partial charge in [0.25, 0.3) is 0 Å². The number of amidine groups is 1. The number of rotatable bonds is 1. The lowest BCUT2D eigenvalue weighted by molar-refractivity contribution is -0.108. The van der Waals surface area contributed by atoms with Crippen molar-refractivity contribution in [2.45, 2.75) is 5.38 Å². The second kappa shape index (κ2) is 3.37. The molecular weight excluding hydrogens is 152 g/mol. The Balaban J connectivity index is 2.49. The van der Waals surface area contributed by atoms with Crippen LogP contribution < -0.4 is 5.32 Å². The van der Waals surface area contributed by atoms with E-state index in [9.17, 15) is 4.79 Å². The summed E-state index contributed by atoms with van der Waals surface area (Å²) < 4.78 is 0. The van der Waals surface area contributed by atoms with Gasteiger partial charge in [-0.2, -0.15) is 0 Å². The minimum absolute atomic E-state index is 0.0304. The van der Waals surface area contributed by atoms with Crippen LogP contribution in [0.3, 0.4) is 0 Å². The number of halogens is 1. The van der Waals surface area contributed by atoms with E-state index in [1.165, 1.54) is 0 Å². The number of carbonyl (C=O) groups excluding carboxylic acids is 1. The third kappa shape index (κ3) is 1.84. The highest BCUT2D eigenvalue weighted by Crippen LogP contribution is 2.02. The topological polar surface area (TPSA) is 41.5 Å². The van der Waals surface area contributed by atoms with E-state index in [1.807, 2.05) is 0 Å². The maximum absolute atomic E-state index is 9.90. The quantitative estimate of drug-likeness (QED) is 0.433. The van der Waals surface area contributed by atoms with Gasteiger partial charge in [-0.05, 0) is 6.08 Å². The minimum Gasteiger partial charge on any atom is -0.314 e. The maximum Gasteiger partial charge on any atom is 0.212 e. The number of hydrogen-bond donors (Lipinski definition) is 1. The monoisotopic (exact) mass is 158 g/mol. The van der Waals surface area contributed by atoms with Crippen LogP contribution in [0, 0.1) is 0 Å². The van der Waals surface area contributed by atoms with Crippen LogP contribution in [0.2, 0.25) is 0 Å². The molecule has 0 radical (unpaired) electrons. The fraction of sp³-hybridized carbons (Fsp3) is 0.333. The second-order valence-electron chi connectivity index (χ2n) is 1.86. The smallest absolute Gasteiger partial charge is 0.212 e. The molecule has 1 unspecified atom stereocenters. The Morgan fingerprint density at radius 2 is 2.70 bits per heavy atom. The minimum atomic E-state index is -0.0304. The number of alkyl halides is 1. The number of dihydropyridines is 1. The molecule has 0 saturated heterocycles. The van der Waals surface area contributed by atoms with Gasteiger partial charge in [0.15, 0.2) is 0 Å². The van der Waals surface area contributed by atoms with Crippen LogP contribution >= 0.6 is 11.6 Å². The summed E-state index contributed by atoms with van der Waals surface area (Å²) >= 11 is 5.67. The normalized spacial score (nSPS) is 23.7. The van der Waals surface area contributed by atoms with Crippen molar-refractivity contribution < 1.29 is 4.79 Å². The van der Waals surface area contributed by atoms with Gasteiger partial charge in [-0.1, -0.05) is 6.08 Å². The largest absolute Gasteiger partial charge is 0.314 e. The molecule has 0 bridgehead atoms. The molecule has 3 nitrogen and oxygen atoms in total. The Morgan fingerprint density at radius 1 is 1.90 bits per heavy atom. The van der Waals surface area contributed by atoms with E-state index >= 15 is 0 Å². The summed E-state index contributed by atoms with van der Waals surface area (Å²) in [5.41, 5.74) is 0. The van der Waals surface area contributed by atoms with Gasteiger partial charge in [-0.3, -0.25) is 9.79 Å². The molecule has 1 amide bonds. The summed E-state index contributed by atoms with van der Waals surface area (Å²) in [6.07, 6.45) is 4.08. The summed E-state index contributed by atoms with van der Waals surface area (Å²) in [4.78, 5) is 13.9. The number of nitrogens with zero attached hydrogens (tertiary/aromatic N) is 1. The van der Waals surface area contributed by atoms with Crippen LogP contribution in [0.25, 0.3) is 0 Å². The van der Waals surface area contributed by atoms with Crippen LogP contribution in [0.4, 0.5) is 0 Å². The SMILES string of the molecule is O=CNC1=NCC(Cl)C=C1. The van der Waals surface area contributed by atoms with E-state index < -0.39 is 0 Å². The van der Waals surface area contributed by atoms with E-state index in [0.717, 1.165) is 0 Å². The molecule has 1 aliphatic rings. The Bertz CT molecular complexity index is 188. The predicted octanol–water partition coefficient (Wildman–Crippen LogP) is 0.308. The highest BCUT2D eigenvalue weighted by atomic mass is 35.5. The summed E-state index contributed by atoms with van der Waals surface area (Å²) in [6.45, 7) is 0.536. The second-order valence-corrected chi connectivity index (χ2v) is 2.42. The third-order valence-electron chi connectivity index (χ3n) is 1.11. The molecule has 0 aromatic carbocycles. The highest BCUT2D eigenvalue weighted by molar-refractivity contribution is 6.22. The van der Waals surface area contributed by atoms with Gasteiger partial charge in [0.2, 0.25) is 6.41 Å². The fourth-order valence-electron chi connectivity index (χ4n) is 0.649. The van der Waals surface area contributed by atoms with Gasteiger partial charge in [0.05, 0.1) is 11.9 Å². The van der Waals surface area contributed by atoms with E-state index in [4.69, 9.17) is 11.6 Å². The van der Waals surface area contributed by atoms with Crippen molar-refractivity contribution in [3.63, 3.8) is 0 Å². The molecule has 1 N–H and O–H groups in total. The molecule has 0 saturated carbocycles. The molecule has 4 heteroatoms. The number of carbonyl (C=O) groups is 1. The van der Waals surface area contributed by atoms with Crippen LogP contribution in [0.1, 0.15) is 0 Å². The van der Waals surface area contributed by atoms with E-state index in [1.54, 1.807) is 12.2 Å². The van der Waals surface area contributed by atoms with Crippen molar-refractivity contribution in [2.24, 2.45) is 4.99 Å². The van der Waals surface area contributed by atoms with E-state index in [0.29, 0.717) is 18.8 Å². The number of amides is 1. The zero-order valence-corrected chi connectivity index (χ0v) is 6.01. The summed E-state index contributed by atoms with van der Waals surface area (Å²) in [5, 5.41) is 2.40. The molecule has 1 heterocycles. The highest BCUT2D eigenvalue weighted by Gasteiger charge is 2.04. The average molecular weight is 159 g/mol. The van der Waals surface area contributed by atoms with Gasteiger partial charge < -0.3 is 5.32 Å². The Kier molecular flexibility index (Phi) is 2.45. The van der Waals surface area contributed by atoms with E-state index in [-0.39, 0.29) is 5.38 Å². The first kappa shape index (κ1) is 7.28. The molecule has 0 aliphatic carbocycles. The molecule has 10 heavy (non-hydrogen) atoms. The average Bonchev–Trinajstić information content (AvgIpc) is 1.95. The summed E-state index contributed by atoms with van der Waals surface area (Å²) in [6, 6.07) is 0. The lowest BCUT2D eigenvalue weighted by Crippen LogP contribution is -2.23. The van der Waals surface area contributed by atoms with Crippen molar-refractivity contribution in [2.75, 3.05) is 6.54 Å². The first-order chi connectivity index (χ1) is 4.83. The van der Waals surface area contributed by atoms with Crippen molar-refractivity contribution in [3.8, 4) is 0 Å².